The molecule has 1 saturated carbocycles. The SMILES string of the molecule is CNc1cc(N2CCc3cc(C(=O)OC)ccc3C2)nc(C2CC2)n1. The van der Waals surface area contributed by atoms with Crippen LogP contribution in [0.15, 0.2) is 24.3 Å². The van der Waals surface area contributed by atoms with Crippen LogP contribution < -0.4 is 10.2 Å². The maximum absolute atomic E-state index is 11.7. The molecule has 1 aliphatic heterocycles. The van der Waals surface area contributed by atoms with Crippen molar-refractivity contribution in [2.45, 2.75) is 31.7 Å². The summed E-state index contributed by atoms with van der Waals surface area (Å²) in [5, 5.41) is 3.15. The number of carbonyl (C=O) groups excluding carboxylic acids is 1. The normalized spacial score (nSPS) is 16.3. The molecule has 0 radical (unpaired) electrons. The van der Waals surface area contributed by atoms with Crippen molar-refractivity contribution in [3.05, 3.63) is 46.8 Å². The number of rotatable bonds is 4. The molecule has 4 rings (SSSR count). The summed E-state index contributed by atoms with van der Waals surface area (Å²) in [7, 11) is 3.30. The number of hydrogen-bond donors (Lipinski definition) is 1. The van der Waals surface area contributed by atoms with Crippen LogP contribution in [-0.4, -0.2) is 36.6 Å². The van der Waals surface area contributed by atoms with E-state index < -0.39 is 0 Å². The average molecular weight is 338 g/mol. The van der Waals surface area contributed by atoms with Crippen LogP contribution in [0.3, 0.4) is 0 Å². The van der Waals surface area contributed by atoms with Crippen molar-refractivity contribution in [3.63, 3.8) is 0 Å². The second-order valence-corrected chi connectivity index (χ2v) is 6.64. The molecule has 6 nitrogen and oxygen atoms in total. The molecule has 0 saturated heterocycles. The maximum Gasteiger partial charge on any atom is 0.337 e. The van der Waals surface area contributed by atoms with E-state index in [1.807, 2.05) is 31.3 Å². The van der Waals surface area contributed by atoms with E-state index in [1.165, 1.54) is 31.1 Å². The summed E-state index contributed by atoms with van der Waals surface area (Å²) < 4.78 is 4.81. The molecule has 0 amide bonds. The Morgan fingerprint density at radius 1 is 1.24 bits per heavy atom. The molecular weight excluding hydrogens is 316 g/mol. The standard InChI is InChI=1S/C19H22N4O2/c1-20-16-10-17(22-18(21-16)12-3-4-12)23-8-7-13-9-14(19(24)25-2)5-6-15(13)11-23/h5-6,9-10,12H,3-4,7-8,11H2,1-2H3,(H,20,21,22). The molecule has 1 aliphatic carbocycles. The van der Waals surface area contributed by atoms with Crippen LogP contribution in [0.5, 0.6) is 0 Å². The Labute approximate surface area is 147 Å². The predicted octanol–water partition coefficient (Wildman–Crippen LogP) is 2.75. The number of aromatic nitrogens is 2. The first-order chi connectivity index (χ1) is 12.2. The third-order valence-electron chi connectivity index (χ3n) is 4.89. The van der Waals surface area contributed by atoms with Gasteiger partial charge in [-0.1, -0.05) is 6.07 Å². The van der Waals surface area contributed by atoms with Gasteiger partial charge in [-0.25, -0.2) is 14.8 Å². The fourth-order valence-electron chi connectivity index (χ4n) is 3.26. The summed E-state index contributed by atoms with van der Waals surface area (Å²) in [6.07, 6.45) is 3.26. The molecular formula is C19H22N4O2. The summed E-state index contributed by atoms with van der Waals surface area (Å²) in [6, 6.07) is 7.82. The van der Waals surface area contributed by atoms with E-state index >= 15 is 0 Å². The second kappa shape index (κ2) is 6.35. The van der Waals surface area contributed by atoms with Gasteiger partial charge in [-0.2, -0.15) is 0 Å². The number of hydrogen-bond acceptors (Lipinski definition) is 6. The molecule has 2 heterocycles. The maximum atomic E-state index is 11.7. The third-order valence-corrected chi connectivity index (χ3v) is 4.89. The molecule has 1 aromatic carbocycles. The van der Waals surface area contributed by atoms with Crippen molar-refractivity contribution in [2.75, 3.05) is 30.9 Å². The number of ether oxygens (including phenoxy) is 1. The first-order valence-electron chi connectivity index (χ1n) is 8.69. The Balaban J connectivity index is 1.60. The average Bonchev–Trinajstić information content (AvgIpc) is 3.51. The lowest BCUT2D eigenvalue weighted by Crippen LogP contribution is -2.31. The number of benzene rings is 1. The number of nitrogens with one attached hydrogen (secondary N) is 1. The number of anilines is 2. The largest absolute Gasteiger partial charge is 0.465 e. The fraction of sp³-hybridized carbons (Fsp3) is 0.421. The molecule has 2 aromatic rings. The van der Waals surface area contributed by atoms with Gasteiger partial charge in [0, 0.05) is 32.1 Å². The van der Waals surface area contributed by atoms with E-state index in [0.717, 1.165) is 37.0 Å². The molecule has 1 aromatic heterocycles. The summed E-state index contributed by atoms with van der Waals surface area (Å²) in [6.45, 7) is 1.67. The van der Waals surface area contributed by atoms with E-state index in [4.69, 9.17) is 9.72 Å². The Morgan fingerprint density at radius 3 is 2.80 bits per heavy atom. The van der Waals surface area contributed by atoms with Crippen LogP contribution in [0, 0.1) is 0 Å². The van der Waals surface area contributed by atoms with Crippen LogP contribution in [0.25, 0.3) is 0 Å². The van der Waals surface area contributed by atoms with Gasteiger partial charge in [0.1, 0.15) is 17.5 Å². The van der Waals surface area contributed by atoms with E-state index in [0.29, 0.717) is 11.5 Å². The summed E-state index contributed by atoms with van der Waals surface area (Å²) in [5.41, 5.74) is 3.06. The Bertz CT molecular complexity index is 817. The molecule has 1 N–H and O–H groups in total. The van der Waals surface area contributed by atoms with Gasteiger partial charge in [-0.05, 0) is 42.5 Å². The number of methoxy groups -OCH3 is 1. The molecule has 2 aliphatic rings. The summed E-state index contributed by atoms with van der Waals surface area (Å²) in [4.78, 5) is 23.4. The topological polar surface area (TPSA) is 67.4 Å². The van der Waals surface area contributed by atoms with Gasteiger partial charge in [0.05, 0.1) is 12.7 Å². The third kappa shape index (κ3) is 3.16. The zero-order valence-corrected chi connectivity index (χ0v) is 14.6. The van der Waals surface area contributed by atoms with Crippen LogP contribution in [0.2, 0.25) is 0 Å². The van der Waals surface area contributed by atoms with Gasteiger partial charge in [-0.15, -0.1) is 0 Å². The fourth-order valence-corrected chi connectivity index (χ4v) is 3.26. The van der Waals surface area contributed by atoms with Crippen molar-refractivity contribution >= 4 is 17.6 Å². The van der Waals surface area contributed by atoms with E-state index in [2.05, 4.69) is 15.2 Å². The Kier molecular flexibility index (Phi) is 4.03. The van der Waals surface area contributed by atoms with E-state index in [9.17, 15) is 4.79 Å². The van der Waals surface area contributed by atoms with Crippen LogP contribution in [0.4, 0.5) is 11.6 Å². The van der Waals surface area contributed by atoms with Gasteiger partial charge < -0.3 is 15.0 Å². The second-order valence-electron chi connectivity index (χ2n) is 6.64. The van der Waals surface area contributed by atoms with Crippen molar-refractivity contribution in [2.24, 2.45) is 0 Å². The highest BCUT2D eigenvalue weighted by Crippen LogP contribution is 2.39. The molecule has 0 spiro atoms. The highest BCUT2D eigenvalue weighted by atomic mass is 16.5. The quantitative estimate of drug-likeness (QED) is 0.865. The molecule has 0 unspecified atom stereocenters. The number of esters is 1. The van der Waals surface area contributed by atoms with Crippen LogP contribution in [-0.2, 0) is 17.7 Å². The minimum atomic E-state index is -0.284. The van der Waals surface area contributed by atoms with E-state index in [-0.39, 0.29) is 5.97 Å². The Morgan fingerprint density at radius 2 is 2.08 bits per heavy atom. The monoisotopic (exact) mass is 338 g/mol. The highest BCUT2D eigenvalue weighted by molar-refractivity contribution is 5.89. The van der Waals surface area contributed by atoms with Gasteiger partial charge in [0.15, 0.2) is 0 Å². The highest BCUT2D eigenvalue weighted by Gasteiger charge is 2.28. The van der Waals surface area contributed by atoms with Gasteiger partial charge in [0.25, 0.3) is 0 Å². The first-order valence-corrected chi connectivity index (χ1v) is 8.69. The number of fused-ring (bicyclic) bond motifs is 1. The molecule has 6 heteroatoms. The molecule has 25 heavy (non-hydrogen) atoms. The van der Waals surface area contributed by atoms with Crippen LogP contribution >= 0.6 is 0 Å². The molecule has 130 valence electrons. The number of nitrogens with zero attached hydrogens (tertiary/aromatic N) is 3. The lowest BCUT2D eigenvalue weighted by atomic mass is 9.97. The minimum absolute atomic E-state index is 0.284. The zero-order valence-electron chi connectivity index (χ0n) is 14.6. The predicted molar refractivity (Wildman–Crippen MR) is 96.1 cm³/mol. The van der Waals surface area contributed by atoms with Gasteiger partial charge in [-0.3, -0.25) is 0 Å². The molecule has 0 bridgehead atoms. The Hall–Kier alpha value is -2.63. The first kappa shape index (κ1) is 15.9. The van der Waals surface area contributed by atoms with Crippen molar-refractivity contribution < 1.29 is 9.53 Å². The van der Waals surface area contributed by atoms with Gasteiger partial charge in [0.2, 0.25) is 0 Å². The zero-order chi connectivity index (χ0) is 17.4. The van der Waals surface area contributed by atoms with Gasteiger partial charge >= 0.3 is 5.97 Å². The van der Waals surface area contributed by atoms with E-state index in [1.54, 1.807) is 0 Å². The van der Waals surface area contributed by atoms with Crippen molar-refractivity contribution in [1.29, 1.82) is 0 Å². The number of carbonyl (C=O) groups is 1. The summed E-state index contributed by atoms with van der Waals surface area (Å²) >= 11 is 0. The smallest absolute Gasteiger partial charge is 0.337 e. The van der Waals surface area contributed by atoms with Crippen molar-refractivity contribution in [1.82, 2.24) is 9.97 Å². The molecule has 0 atom stereocenters. The molecule has 1 fully saturated rings. The minimum Gasteiger partial charge on any atom is -0.465 e. The lowest BCUT2D eigenvalue weighted by molar-refractivity contribution is 0.0600. The van der Waals surface area contributed by atoms with Crippen LogP contribution in [0.1, 0.15) is 46.1 Å². The van der Waals surface area contributed by atoms with Crippen molar-refractivity contribution in [3.8, 4) is 0 Å². The lowest BCUT2D eigenvalue weighted by Gasteiger charge is -2.30. The summed E-state index contributed by atoms with van der Waals surface area (Å²) in [5.74, 6) is 3.04.